The lowest BCUT2D eigenvalue weighted by atomic mass is 10.1. The zero-order chi connectivity index (χ0) is 18.1. The maximum absolute atomic E-state index is 13.2. The van der Waals surface area contributed by atoms with E-state index >= 15 is 0 Å². The van der Waals surface area contributed by atoms with Gasteiger partial charge in [-0.15, -0.1) is 0 Å². The van der Waals surface area contributed by atoms with Gasteiger partial charge in [-0.05, 0) is 44.9 Å². The van der Waals surface area contributed by atoms with Gasteiger partial charge >= 0.3 is 0 Å². The van der Waals surface area contributed by atoms with Crippen LogP contribution in [0.2, 0.25) is 0 Å². The maximum atomic E-state index is 13.2. The molecule has 1 fully saturated rings. The Morgan fingerprint density at radius 3 is 3.04 bits per heavy atom. The summed E-state index contributed by atoms with van der Waals surface area (Å²) in [5.41, 5.74) is 2.92. The fourth-order valence-electron chi connectivity index (χ4n) is 3.54. The molecule has 1 aliphatic heterocycles. The molecule has 7 nitrogen and oxygen atoms in total. The van der Waals surface area contributed by atoms with Crippen LogP contribution >= 0.6 is 0 Å². The van der Waals surface area contributed by atoms with E-state index < -0.39 is 0 Å². The maximum Gasteiger partial charge on any atom is 0.256 e. The van der Waals surface area contributed by atoms with Crippen LogP contribution in [0.3, 0.4) is 0 Å². The number of H-pyrrole nitrogens is 1. The van der Waals surface area contributed by atoms with Gasteiger partial charge in [-0.25, -0.2) is 15.0 Å². The van der Waals surface area contributed by atoms with Crippen LogP contribution in [0, 0.1) is 13.8 Å². The molecule has 7 heteroatoms. The standard InChI is InChI=1S/C19H22N6O/c1-12-5-3-7-16(22-12)21-11-14-6-4-10-25(14)19(26)15-8-9-20-18-17(15)23-13(2)24-18/h3,5,7-9,14H,4,6,10-11H2,1-2H3,(H,21,22)(H,20,23,24). The van der Waals surface area contributed by atoms with Crippen LogP contribution in [0.4, 0.5) is 5.82 Å². The van der Waals surface area contributed by atoms with Gasteiger partial charge in [-0.2, -0.15) is 0 Å². The summed E-state index contributed by atoms with van der Waals surface area (Å²) in [4.78, 5) is 31.3. The van der Waals surface area contributed by atoms with Crippen LogP contribution in [-0.4, -0.2) is 49.9 Å². The number of rotatable bonds is 4. The molecule has 1 aliphatic rings. The van der Waals surface area contributed by atoms with Crippen molar-refractivity contribution >= 4 is 22.9 Å². The molecule has 0 bridgehead atoms. The van der Waals surface area contributed by atoms with Crippen LogP contribution in [-0.2, 0) is 0 Å². The van der Waals surface area contributed by atoms with Crippen LogP contribution in [0.15, 0.2) is 30.5 Å². The normalized spacial score (nSPS) is 17.0. The number of aromatic nitrogens is 4. The lowest BCUT2D eigenvalue weighted by Crippen LogP contribution is -2.39. The van der Waals surface area contributed by atoms with E-state index in [0.29, 0.717) is 23.3 Å². The Morgan fingerprint density at radius 1 is 1.31 bits per heavy atom. The number of hydrogen-bond acceptors (Lipinski definition) is 5. The second-order valence-electron chi connectivity index (χ2n) is 6.72. The molecule has 1 atom stereocenters. The summed E-state index contributed by atoms with van der Waals surface area (Å²) in [6.07, 6.45) is 3.65. The first kappa shape index (κ1) is 16.5. The minimum Gasteiger partial charge on any atom is -0.368 e. The molecule has 0 saturated carbocycles. The number of likely N-dealkylation sites (tertiary alicyclic amines) is 1. The molecular weight excluding hydrogens is 328 g/mol. The number of carbonyl (C=O) groups excluding carboxylic acids is 1. The molecule has 3 aromatic heterocycles. The Balaban J connectivity index is 1.53. The second-order valence-corrected chi connectivity index (χ2v) is 6.72. The van der Waals surface area contributed by atoms with E-state index in [2.05, 4.69) is 25.3 Å². The van der Waals surface area contributed by atoms with E-state index in [1.54, 1.807) is 12.3 Å². The smallest absolute Gasteiger partial charge is 0.256 e. The molecule has 1 amide bonds. The third-order valence-corrected chi connectivity index (χ3v) is 4.79. The fraction of sp³-hybridized carbons (Fsp3) is 0.368. The number of aryl methyl sites for hydroxylation is 2. The molecule has 0 spiro atoms. The number of anilines is 1. The first-order chi connectivity index (χ1) is 12.6. The summed E-state index contributed by atoms with van der Waals surface area (Å²) in [7, 11) is 0. The van der Waals surface area contributed by atoms with Crippen molar-refractivity contribution in [3.63, 3.8) is 0 Å². The average Bonchev–Trinajstić information content (AvgIpc) is 3.24. The predicted molar refractivity (Wildman–Crippen MR) is 100 cm³/mol. The predicted octanol–water partition coefficient (Wildman–Crippen LogP) is 2.69. The Labute approximate surface area is 151 Å². The van der Waals surface area contributed by atoms with Crippen molar-refractivity contribution in [2.24, 2.45) is 0 Å². The highest BCUT2D eigenvalue weighted by atomic mass is 16.2. The third kappa shape index (κ3) is 3.12. The monoisotopic (exact) mass is 350 g/mol. The van der Waals surface area contributed by atoms with Crippen LogP contribution in [0.5, 0.6) is 0 Å². The van der Waals surface area contributed by atoms with Crippen LogP contribution in [0.25, 0.3) is 11.2 Å². The molecular formula is C19H22N6O. The van der Waals surface area contributed by atoms with E-state index in [1.807, 2.05) is 36.9 Å². The van der Waals surface area contributed by atoms with Crippen molar-refractivity contribution < 1.29 is 4.79 Å². The fourth-order valence-corrected chi connectivity index (χ4v) is 3.54. The zero-order valence-electron chi connectivity index (χ0n) is 15.0. The van der Waals surface area contributed by atoms with Crippen LogP contribution in [0.1, 0.15) is 34.7 Å². The van der Waals surface area contributed by atoms with Gasteiger partial charge in [0, 0.05) is 31.0 Å². The van der Waals surface area contributed by atoms with Gasteiger partial charge in [0.15, 0.2) is 5.65 Å². The van der Waals surface area contributed by atoms with Crippen molar-refractivity contribution in [3.05, 3.63) is 47.5 Å². The first-order valence-corrected chi connectivity index (χ1v) is 8.91. The third-order valence-electron chi connectivity index (χ3n) is 4.79. The number of imidazole rings is 1. The number of nitrogens with zero attached hydrogens (tertiary/aromatic N) is 4. The Morgan fingerprint density at radius 2 is 2.19 bits per heavy atom. The van der Waals surface area contributed by atoms with Gasteiger partial charge in [-0.3, -0.25) is 4.79 Å². The molecule has 0 radical (unpaired) electrons. The zero-order valence-corrected chi connectivity index (χ0v) is 15.0. The Bertz CT molecular complexity index is 950. The Hall–Kier alpha value is -2.96. The molecule has 0 aliphatic carbocycles. The largest absolute Gasteiger partial charge is 0.368 e. The highest BCUT2D eigenvalue weighted by molar-refractivity contribution is 6.04. The number of aromatic amines is 1. The SMILES string of the molecule is Cc1cccc(NCC2CCCN2C(=O)c2ccnc3nc(C)[nH]c23)n1. The van der Waals surface area contributed by atoms with E-state index in [-0.39, 0.29) is 11.9 Å². The van der Waals surface area contributed by atoms with Gasteiger partial charge in [0.1, 0.15) is 11.6 Å². The molecule has 3 aromatic rings. The molecule has 2 N–H and O–H groups in total. The minimum absolute atomic E-state index is 0.0301. The number of fused-ring (bicyclic) bond motifs is 1. The molecule has 26 heavy (non-hydrogen) atoms. The number of pyridine rings is 2. The summed E-state index contributed by atoms with van der Waals surface area (Å²) in [6, 6.07) is 7.83. The molecule has 4 heterocycles. The quantitative estimate of drug-likeness (QED) is 0.755. The first-order valence-electron chi connectivity index (χ1n) is 8.91. The Kier molecular flexibility index (Phi) is 4.28. The van der Waals surface area contributed by atoms with Crippen molar-refractivity contribution in [2.75, 3.05) is 18.4 Å². The highest BCUT2D eigenvalue weighted by Gasteiger charge is 2.30. The topological polar surface area (TPSA) is 86.8 Å². The highest BCUT2D eigenvalue weighted by Crippen LogP contribution is 2.23. The van der Waals surface area contributed by atoms with Gasteiger partial charge < -0.3 is 15.2 Å². The summed E-state index contributed by atoms with van der Waals surface area (Å²) in [5.74, 6) is 1.64. The molecule has 1 saturated heterocycles. The lowest BCUT2D eigenvalue weighted by molar-refractivity contribution is 0.0745. The number of hydrogen-bond donors (Lipinski definition) is 2. The summed E-state index contributed by atoms with van der Waals surface area (Å²) < 4.78 is 0. The van der Waals surface area contributed by atoms with Crippen LogP contribution < -0.4 is 5.32 Å². The molecule has 4 rings (SSSR count). The second kappa shape index (κ2) is 6.74. The lowest BCUT2D eigenvalue weighted by Gasteiger charge is -2.25. The van der Waals surface area contributed by atoms with Gasteiger partial charge in [0.25, 0.3) is 5.91 Å². The molecule has 0 aromatic carbocycles. The van der Waals surface area contributed by atoms with E-state index in [0.717, 1.165) is 36.7 Å². The summed E-state index contributed by atoms with van der Waals surface area (Å²) in [6.45, 7) is 5.30. The number of carbonyl (C=O) groups is 1. The van der Waals surface area contributed by atoms with Crippen molar-refractivity contribution in [1.29, 1.82) is 0 Å². The van der Waals surface area contributed by atoms with E-state index in [4.69, 9.17) is 0 Å². The van der Waals surface area contributed by atoms with E-state index in [1.165, 1.54) is 0 Å². The molecule has 134 valence electrons. The van der Waals surface area contributed by atoms with Gasteiger partial charge in [-0.1, -0.05) is 6.07 Å². The van der Waals surface area contributed by atoms with Crippen molar-refractivity contribution in [3.8, 4) is 0 Å². The number of amides is 1. The number of nitrogens with one attached hydrogen (secondary N) is 2. The van der Waals surface area contributed by atoms with Gasteiger partial charge in [0.2, 0.25) is 0 Å². The van der Waals surface area contributed by atoms with Crippen molar-refractivity contribution in [1.82, 2.24) is 24.8 Å². The summed E-state index contributed by atoms with van der Waals surface area (Å²) >= 11 is 0. The summed E-state index contributed by atoms with van der Waals surface area (Å²) in [5, 5.41) is 3.37. The van der Waals surface area contributed by atoms with E-state index in [9.17, 15) is 4.79 Å². The van der Waals surface area contributed by atoms with Gasteiger partial charge in [0.05, 0.1) is 11.1 Å². The van der Waals surface area contributed by atoms with Crippen molar-refractivity contribution in [2.45, 2.75) is 32.7 Å². The molecule has 1 unspecified atom stereocenters. The minimum atomic E-state index is 0.0301. The average molecular weight is 350 g/mol.